The van der Waals surface area contributed by atoms with Crippen molar-refractivity contribution in [1.82, 2.24) is 25.7 Å². The molecule has 150 valence electrons. The summed E-state index contributed by atoms with van der Waals surface area (Å²) in [7, 11) is 0. The monoisotopic (exact) mass is 413 g/mol. The van der Waals surface area contributed by atoms with E-state index in [2.05, 4.69) is 21.2 Å². The highest BCUT2D eigenvalue weighted by atomic mass is 35.5. The molecule has 0 fully saturated rings. The number of aromatic nitrogens is 2. The molecule has 0 saturated heterocycles. The zero-order chi connectivity index (χ0) is 21.0. The first kappa shape index (κ1) is 20.3. The van der Waals surface area contributed by atoms with Crippen molar-refractivity contribution in [3.63, 3.8) is 0 Å². The minimum absolute atomic E-state index is 0.265. The largest absolute Gasteiger partial charge is 0.343 e. The van der Waals surface area contributed by atoms with Gasteiger partial charge in [-0.2, -0.15) is 0 Å². The maximum atomic E-state index is 12.3. The molecule has 29 heavy (non-hydrogen) atoms. The van der Waals surface area contributed by atoms with Crippen molar-refractivity contribution >= 4 is 40.4 Å². The van der Waals surface area contributed by atoms with Crippen LogP contribution in [0.15, 0.2) is 42.5 Å². The van der Waals surface area contributed by atoms with Gasteiger partial charge in [0.15, 0.2) is 0 Å². The number of nitrogens with zero attached hydrogens (tertiary/aromatic N) is 2. The molecule has 3 aromatic rings. The molecule has 3 amide bonds. The molecule has 8 nitrogen and oxygen atoms in total. The van der Waals surface area contributed by atoms with E-state index in [0.29, 0.717) is 11.1 Å². The number of hydrogen-bond acceptors (Lipinski definition) is 4. The van der Waals surface area contributed by atoms with E-state index in [-0.39, 0.29) is 17.1 Å². The van der Waals surface area contributed by atoms with Crippen LogP contribution < -0.4 is 16.2 Å². The van der Waals surface area contributed by atoms with Crippen molar-refractivity contribution in [2.24, 2.45) is 0 Å². The molecule has 0 aliphatic heterocycles. The van der Waals surface area contributed by atoms with Crippen molar-refractivity contribution < 1.29 is 14.4 Å². The molecule has 0 aliphatic rings. The van der Waals surface area contributed by atoms with Crippen molar-refractivity contribution in [1.29, 1.82) is 0 Å². The topological polar surface area (TPSA) is 105 Å². The van der Waals surface area contributed by atoms with Crippen LogP contribution in [-0.4, -0.2) is 33.8 Å². The fraction of sp³-hybridized carbons (Fsp3) is 0.200. The second-order valence-corrected chi connectivity index (χ2v) is 6.68. The number of imidazole rings is 1. The van der Waals surface area contributed by atoms with E-state index in [9.17, 15) is 14.4 Å². The van der Waals surface area contributed by atoms with Crippen molar-refractivity contribution in [3.8, 4) is 0 Å². The average Bonchev–Trinajstić information content (AvgIpc) is 3.04. The smallest absolute Gasteiger partial charge is 0.269 e. The highest BCUT2D eigenvalue weighted by Gasteiger charge is 2.13. The van der Waals surface area contributed by atoms with Gasteiger partial charge in [0, 0.05) is 12.1 Å². The van der Waals surface area contributed by atoms with Gasteiger partial charge in [-0.3, -0.25) is 25.2 Å². The molecule has 0 spiro atoms. The van der Waals surface area contributed by atoms with Gasteiger partial charge in [0.2, 0.25) is 0 Å². The van der Waals surface area contributed by atoms with Gasteiger partial charge >= 0.3 is 0 Å². The number of fused-ring (bicyclic) bond motifs is 1. The summed E-state index contributed by atoms with van der Waals surface area (Å²) in [6.07, 6.45) is 0. The van der Waals surface area contributed by atoms with Crippen LogP contribution in [0.25, 0.3) is 11.0 Å². The normalized spacial score (nSPS) is 10.6. The van der Waals surface area contributed by atoms with Gasteiger partial charge in [-0.1, -0.05) is 23.7 Å². The van der Waals surface area contributed by atoms with Crippen LogP contribution in [0.5, 0.6) is 0 Å². The van der Waals surface area contributed by atoms with Crippen LogP contribution in [0.4, 0.5) is 0 Å². The maximum Gasteiger partial charge on any atom is 0.269 e. The second kappa shape index (κ2) is 8.74. The van der Waals surface area contributed by atoms with Gasteiger partial charge in [0.25, 0.3) is 17.7 Å². The summed E-state index contributed by atoms with van der Waals surface area (Å²) in [4.78, 5) is 40.7. The number of hydrogen-bond donors (Lipinski definition) is 3. The lowest BCUT2D eigenvalue weighted by molar-refractivity contribution is -0.120. The van der Waals surface area contributed by atoms with Gasteiger partial charge in [-0.05, 0) is 44.2 Å². The number of rotatable bonds is 5. The first-order chi connectivity index (χ1) is 13.9. The van der Waals surface area contributed by atoms with Crippen LogP contribution >= 0.6 is 11.6 Å². The highest BCUT2D eigenvalue weighted by Crippen LogP contribution is 2.17. The predicted octanol–water partition coefficient (Wildman–Crippen LogP) is 2.21. The SMILES string of the molecule is CCn1c(C)nc2cc(C(=O)NNC(=O)CNC(=O)c3ccccc3Cl)ccc21. The number of aryl methyl sites for hydroxylation is 2. The highest BCUT2D eigenvalue weighted by molar-refractivity contribution is 6.33. The molecule has 1 heterocycles. The standard InChI is InChI=1S/C20H20ClN5O3/c1-3-26-12(2)23-16-10-13(8-9-17(16)26)19(28)25-24-18(27)11-22-20(29)14-6-4-5-7-15(14)21/h4-10H,3,11H2,1-2H3,(H,22,29)(H,24,27)(H,25,28). The molecule has 0 saturated carbocycles. The third kappa shape index (κ3) is 4.55. The number of halogens is 1. The Morgan fingerprint density at radius 2 is 1.83 bits per heavy atom. The summed E-state index contributed by atoms with van der Waals surface area (Å²) in [6, 6.07) is 11.6. The maximum absolute atomic E-state index is 12.3. The molecular weight excluding hydrogens is 394 g/mol. The number of carbonyl (C=O) groups excluding carboxylic acids is 3. The first-order valence-corrected chi connectivity index (χ1v) is 9.37. The Bertz CT molecular complexity index is 1090. The molecule has 0 bridgehead atoms. The summed E-state index contributed by atoms with van der Waals surface area (Å²) in [5.74, 6) is -0.681. The Labute approximate surface area is 172 Å². The van der Waals surface area contributed by atoms with E-state index < -0.39 is 17.7 Å². The van der Waals surface area contributed by atoms with Crippen LogP contribution in [0.3, 0.4) is 0 Å². The molecule has 0 radical (unpaired) electrons. The molecule has 9 heteroatoms. The Morgan fingerprint density at radius 1 is 1.07 bits per heavy atom. The van der Waals surface area contributed by atoms with Gasteiger partial charge in [0.05, 0.1) is 28.2 Å². The Balaban J connectivity index is 1.55. The number of benzene rings is 2. The zero-order valence-electron chi connectivity index (χ0n) is 16.0. The molecule has 0 atom stereocenters. The lowest BCUT2D eigenvalue weighted by Gasteiger charge is -2.09. The predicted molar refractivity (Wildman–Crippen MR) is 110 cm³/mol. The van der Waals surface area contributed by atoms with Crippen molar-refractivity contribution in [2.45, 2.75) is 20.4 Å². The Kier molecular flexibility index (Phi) is 6.13. The van der Waals surface area contributed by atoms with Crippen LogP contribution in [-0.2, 0) is 11.3 Å². The molecule has 0 unspecified atom stereocenters. The zero-order valence-corrected chi connectivity index (χ0v) is 16.7. The molecule has 3 rings (SSSR count). The number of hydrazine groups is 1. The molecular formula is C20H20ClN5O3. The third-order valence-corrected chi connectivity index (χ3v) is 4.69. The van der Waals surface area contributed by atoms with Crippen molar-refractivity contribution in [3.05, 3.63) is 64.4 Å². The van der Waals surface area contributed by atoms with E-state index >= 15 is 0 Å². The minimum Gasteiger partial charge on any atom is -0.343 e. The summed E-state index contributed by atoms with van der Waals surface area (Å²) in [6.45, 7) is 4.39. The van der Waals surface area contributed by atoms with E-state index in [4.69, 9.17) is 11.6 Å². The number of amides is 3. The van der Waals surface area contributed by atoms with Gasteiger partial charge in [-0.15, -0.1) is 0 Å². The third-order valence-electron chi connectivity index (χ3n) is 4.36. The van der Waals surface area contributed by atoms with Crippen LogP contribution in [0.2, 0.25) is 5.02 Å². The van der Waals surface area contributed by atoms with E-state index in [1.54, 1.807) is 36.4 Å². The summed E-state index contributed by atoms with van der Waals surface area (Å²) in [5.41, 5.74) is 6.86. The fourth-order valence-electron chi connectivity index (χ4n) is 2.93. The van der Waals surface area contributed by atoms with E-state index in [1.807, 2.05) is 24.5 Å². The Hall–Kier alpha value is -3.39. The van der Waals surface area contributed by atoms with Crippen LogP contribution in [0.1, 0.15) is 33.5 Å². The lowest BCUT2D eigenvalue weighted by atomic mass is 10.2. The first-order valence-electron chi connectivity index (χ1n) is 8.99. The molecule has 0 aliphatic carbocycles. The molecule has 1 aromatic heterocycles. The van der Waals surface area contributed by atoms with E-state index in [1.165, 1.54) is 0 Å². The quantitative estimate of drug-likeness (QED) is 0.557. The van der Waals surface area contributed by atoms with Crippen molar-refractivity contribution in [2.75, 3.05) is 6.54 Å². The summed E-state index contributed by atoms with van der Waals surface area (Å²) in [5, 5.41) is 2.73. The second-order valence-electron chi connectivity index (χ2n) is 6.27. The van der Waals surface area contributed by atoms with E-state index in [0.717, 1.165) is 17.9 Å². The number of carbonyl (C=O) groups is 3. The summed E-state index contributed by atoms with van der Waals surface area (Å²) < 4.78 is 2.04. The number of nitrogens with one attached hydrogen (secondary N) is 3. The van der Waals surface area contributed by atoms with Crippen LogP contribution in [0, 0.1) is 6.92 Å². The Morgan fingerprint density at radius 3 is 2.55 bits per heavy atom. The average molecular weight is 414 g/mol. The molecule has 2 aromatic carbocycles. The van der Waals surface area contributed by atoms with Gasteiger partial charge in [0.1, 0.15) is 5.82 Å². The van der Waals surface area contributed by atoms with Gasteiger partial charge in [-0.25, -0.2) is 4.98 Å². The molecule has 3 N–H and O–H groups in total. The van der Waals surface area contributed by atoms with Gasteiger partial charge < -0.3 is 9.88 Å². The fourth-order valence-corrected chi connectivity index (χ4v) is 3.16. The summed E-state index contributed by atoms with van der Waals surface area (Å²) >= 11 is 5.94. The lowest BCUT2D eigenvalue weighted by Crippen LogP contribution is -2.46. The minimum atomic E-state index is -0.578.